The van der Waals surface area contributed by atoms with Crippen LogP contribution in [0.4, 0.5) is 10.1 Å². The van der Waals surface area contributed by atoms with Gasteiger partial charge in [-0.1, -0.05) is 0 Å². The van der Waals surface area contributed by atoms with E-state index in [4.69, 9.17) is 0 Å². The molecular formula is C12H10FNO3S. The Kier molecular flexibility index (Phi) is 3.76. The Hall–Kier alpha value is -1.69. The minimum Gasteiger partial charge on any atom is -0.457 e. The number of cyclic esters (lactones) is 1. The molecule has 0 saturated carbocycles. The van der Waals surface area contributed by atoms with Crippen LogP contribution in [0.1, 0.15) is 0 Å². The van der Waals surface area contributed by atoms with Gasteiger partial charge in [0, 0.05) is 0 Å². The van der Waals surface area contributed by atoms with E-state index in [1.54, 1.807) is 6.26 Å². The number of aliphatic imine (C=N–C) groups is 1. The van der Waals surface area contributed by atoms with Crippen LogP contribution in [-0.4, -0.2) is 29.7 Å². The fourth-order valence-corrected chi connectivity index (χ4v) is 2.21. The summed E-state index contributed by atoms with van der Waals surface area (Å²) >= 11 is 1.21. The predicted molar refractivity (Wildman–Crippen MR) is 66.5 cm³/mol. The number of halogens is 1. The van der Waals surface area contributed by atoms with Crippen molar-refractivity contribution in [2.45, 2.75) is 0 Å². The molecule has 0 aromatic heterocycles. The Morgan fingerprint density at radius 2 is 2.06 bits per heavy atom. The van der Waals surface area contributed by atoms with E-state index in [0.717, 1.165) is 0 Å². The number of esters is 1. The summed E-state index contributed by atoms with van der Waals surface area (Å²) < 4.78 is 17.4. The molecule has 0 spiro atoms. The van der Waals surface area contributed by atoms with Gasteiger partial charge in [-0.3, -0.25) is 9.59 Å². The summed E-state index contributed by atoms with van der Waals surface area (Å²) in [6, 6.07) is 5.50. The van der Waals surface area contributed by atoms with Gasteiger partial charge in [0.2, 0.25) is 0 Å². The van der Waals surface area contributed by atoms with E-state index in [-0.39, 0.29) is 18.2 Å². The zero-order chi connectivity index (χ0) is 13.1. The second-order valence-electron chi connectivity index (χ2n) is 3.64. The van der Waals surface area contributed by atoms with Crippen molar-refractivity contribution in [1.82, 2.24) is 0 Å². The van der Waals surface area contributed by atoms with Gasteiger partial charge in [0.1, 0.15) is 5.82 Å². The molecule has 1 aliphatic heterocycles. The van der Waals surface area contributed by atoms with E-state index >= 15 is 0 Å². The lowest BCUT2D eigenvalue weighted by atomic mass is 10.1. The van der Waals surface area contributed by atoms with Crippen LogP contribution < -0.4 is 0 Å². The van der Waals surface area contributed by atoms with Gasteiger partial charge in [0.15, 0.2) is 18.3 Å². The summed E-state index contributed by atoms with van der Waals surface area (Å²) in [4.78, 5) is 27.2. The van der Waals surface area contributed by atoms with Crippen LogP contribution in [-0.2, 0) is 14.3 Å². The van der Waals surface area contributed by atoms with Crippen molar-refractivity contribution in [3.05, 3.63) is 30.1 Å². The molecule has 1 heterocycles. The molecule has 0 radical (unpaired) electrons. The highest BCUT2D eigenvalue weighted by atomic mass is 32.2. The summed E-state index contributed by atoms with van der Waals surface area (Å²) in [5.74, 6) is -2.17. The molecule has 1 aromatic carbocycles. The smallest absolute Gasteiger partial charge is 0.323 e. The molecule has 18 heavy (non-hydrogen) atoms. The second kappa shape index (κ2) is 5.30. The minimum absolute atomic E-state index is 0.202. The average molecular weight is 267 g/mol. The monoisotopic (exact) mass is 267 g/mol. The quantitative estimate of drug-likeness (QED) is 0.356. The molecule has 0 amide bonds. The van der Waals surface area contributed by atoms with Crippen LogP contribution in [0.15, 0.2) is 29.3 Å². The summed E-state index contributed by atoms with van der Waals surface area (Å²) in [5, 5.41) is 0.370. The fourth-order valence-electron chi connectivity index (χ4n) is 1.55. The molecule has 0 aliphatic carbocycles. The van der Waals surface area contributed by atoms with Crippen molar-refractivity contribution in [1.29, 1.82) is 0 Å². The first kappa shape index (κ1) is 12.8. The normalized spacial score (nSPS) is 20.1. The van der Waals surface area contributed by atoms with E-state index < -0.39 is 11.9 Å². The number of rotatable bonds is 2. The summed E-state index contributed by atoms with van der Waals surface area (Å²) in [5.41, 5.74) is 0.494. The molecular weight excluding hydrogens is 257 g/mol. The number of benzene rings is 1. The van der Waals surface area contributed by atoms with Gasteiger partial charge in [-0.25, -0.2) is 9.38 Å². The number of hydrogen-bond donors (Lipinski definition) is 0. The lowest BCUT2D eigenvalue weighted by Gasteiger charge is -2.06. The zero-order valence-electron chi connectivity index (χ0n) is 9.55. The maximum Gasteiger partial charge on any atom is 0.323 e. The Morgan fingerprint density at radius 3 is 2.56 bits per heavy atom. The number of thioether (sulfide) groups is 1. The predicted octanol–water partition coefficient (Wildman–Crippen LogP) is 1.96. The SMILES string of the molecule is CSC(=Nc1ccc(F)cc1)C1C(=O)COC1=O. The van der Waals surface area contributed by atoms with Gasteiger partial charge in [-0.05, 0) is 30.5 Å². The molecule has 94 valence electrons. The molecule has 2 rings (SSSR count). The van der Waals surface area contributed by atoms with Crippen LogP contribution in [0.5, 0.6) is 0 Å². The lowest BCUT2D eigenvalue weighted by Crippen LogP contribution is -2.23. The molecule has 0 N–H and O–H groups in total. The van der Waals surface area contributed by atoms with Crippen LogP contribution in [0, 0.1) is 11.7 Å². The third-order valence-electron chi connectivity index (χ3n) is 2.44. The van der Waals surface area contributed by atoms with Gasteiger partial charge in [0.25, 0.3) is 0 Å². The minimum atomic E-state index is -0.940. The highest BCUT2D eigenvalue weighted by Gasteiger charge is 2.39. The number of carbonyl (C=O) groups excluding carboxylic acids is 2. The first-order chi connectivity index (χ1) is 8.61. The average Bonchev–Trinajstić information content (AvgIpc) is 2.69. The first-order valence-corrected chi connectivity index (χ1v) is 6.42. The fraction of sp³-hybridized carbons (Fsp3) is 0.250. The van der Waals surface area contributed by atoms with E-state index in [1.807, 2.05) is 0 Å². The molecule has 1 fully saturated rings. The maximum atomic E-state index is 12.7. The largest absolute Gasteiger partial charge is 0.457 e. The van der Waals surface area contributed by atoms with Crippen LogP contribution in [0.25, 0.3) is 0 Å². The third-order valence-corrected chi connectivity index (χ3v) is 3.18. The molecule has 6 heteroatoms. The molecule has 1 aliphatic rings. The standard InChI is InChI=1S/C12H10FNO3S/c1-18-11(10-9(15)6-17-12(10)16)14-8-4-2-7(13)3-5-8/h2-5,10H,6H2,1H3. The molecule has 0 bridgehead atoms. The third kappa shape index (κ3) is 2.59. The molecule has 1 atom stereocenters. The van der Waals surface area contributed by atoms with Gasteiger partial charge < -0.3 is 4.74 Å². The topological polar surface area (TPSA) is 55.7 Å². The number of ether oxygens (including phenoxy) is 1. The van der Waals surface area contributed by atoms with E-state index in [0.29, 0.717) is 10.7 Å². The number of ketones is 1. The van der Waals surface area contributed by atoms with Crippen molar-refractivity contribution < 1.29 is 18.7 Å². The van der Waals surface area contributed by atoms with Crippen molar-refractivity contribution in [2.75, 3.05) is 12.9 Å². The van der Waals surface area contributed by atoms with Crippen molar-refractivity contribution in [2.24, 2.45) is 10.9 Å². The molecule has 1 unspecified atom stereocenters. The number of hydrogen-bond acceptors (Lipinski definition) is 5. The van der Waals surface area contributed by atoms with E-state index in [1.165, 1.54) is 36.0 Å². The Labute approximate surface area is 107 Å². The van der Waals surface area contributed by atoms with Crippen molar-refractivity contribution in [3.8, 4) is 0 Å². The Bertz CT molecular complexity index is 497. The number of Topliss-reactive ketones (excluding diaryl/α,β-unsaturated/α-hetero) is 1. The summed E-state index contributed by atoms with van der Waals surface area (Å²) in [6.45, 7) is -0.202. The highest BCUT2D eigenvalue weighted by Crippen LogP contribution is 2.23. The Morgan fingerprint density at radius 1 is 1.39 bits per heavy atom. The van der Waals surface area contributed by atoms with Crippen LogP contribution >= 0.6 is 11.8 Å². The van der Waals surface area contributed by atoms with Gasteiger partial charge in [-0.2, -0.15) is 0 Å². The van der Waals surface area contributed by atoms with E-state index in [2.05, 4.69) is 9.73 Å². The molecule has 4 nitrogen and oxygen atoms in total. The summed E-state index contributed by atoms with van der Waals surface area (Å²) in [6.07, 6.45) is 1.72. The van der Waals surface area contributed by atoms with Gasteiger partial charge in [-0.15, -0.1) is 11.8 Å². The van der Waals surface area contributed by atoms with Gasteiger partial charge in [0.05, 0.1) is 10.7 Å². The van der Waals surface area contributed by atoms with Crippen molar-refractivity contribution in [3.63, 3.8) is 0 Å². The van der Waals surface area contributed by atoms with E-state index in [9.17, 15) is 14.0 Å². The highest BCUT2D eigenvalue weighted by molar-refractivity contribution is 8.13. The number of carbonyl (C=O) groups is 2. The van der Waals surface area contributed by atoms with Crippen molar-refractivity contribution >= 4 is 34.2 Å². The maximum absolute atomic E-state index is 12.7. The molecule has 1 aromatic rings. The second-order valence-corrected chi connectivity index (χ2v) is 4.46. The summed E-state index contributed by atoms with van der Waals surface area (Å²) in [7, 11) is 0. The number of nitrogens with zero attached hydrogens (tertiary/aromatic N) is 1. The van der Waals surface area contributed by atoms with Gasteiger partial charge >= 0.3 is 5.97 Å². The lowest BCUT2D eigenvalue weighted by molar-refractivity contribution is -0.139. The Balaban J connectivity index is 2.30. The zero-order valence-corrected chi connectivity index (χ0v) is 10.4. The van der Waals surface area contributed by atoms with Crippen LogP contribution in [0.2, 0.25) is 0 Å². The first-order valence-electron chi connectivity index (χ1n) is 5.19. The van der Waals surface area contributed by atoms with Crippen LogP contribution in [0.3, 0.4) is 0 Å². The molecule has 1 saturated heterocycles.